The molecular formula is C21H24N2O3S2. The number of rotatable bonds is 5. The van der Waals surface area contributed by atoms with Gasteiger partial charge in [-0.15, -0.1) is 23.1 Å². The van der Waals surface area contributed by atoms with Gasteiger partial charge in [0.1, 0.15) is 6.61 Å². The molecule has 0 atom stereocenters. The van der Waals surface area contributed by atoms with Crippen molar-refractivity contribution in [2.24, 2.45) is 0 Å². The number of benzene rings is 1. The van der Waals surface area contributed by atoms with Crippen molar-refractivity contribution in [3.05, 3.63) is 58.3 Å². The van der Waals surface area contributed by atoms with Crippen molar-refractivity contribution >= 4 is 34.9 Å². The van der Waals surface area contributed by atoms with Crippen LogP contribution in [0.2, 0.25) is 0 Å². The quantitative estimate of drug-likeness (QED) is 0.749. The Kier molecular flexibility index (Phi) is 6.04. The van der Waals surface area contributed by atoms with Crippen LogP contribution >= 0.6 is 23.1 Å². The summed E-state index contributed by atoms with van der Waals surface area (Å²) in [5, 5.41) is 1.94. The second-order valence-electron chi connectivity index (χ2n) is 7.09. The second kappa shape index (κ2) is 8.68. The Bertz CT molecular complexity index is 802. The highest BCUT2D eigenvalue weighted by atomic mass is 32.2. The molecule has 7 heteroatoms. The summed E-state index contributed by atoms with van der Waals surface area (Å²) in [7, 11) is 0. The van der Waals surface area contributed by atoms with Gasteiger partial charge in [-0.1, -0.05) is 36.4 Å². The summed E-state index contributed by atoms with van der Waals surface area (Å²) in [6.07, 6.45) is 1.64. The molecule has 2 aliphatic heterocycles. The summed E-state index contributed by atoms with van der Waals surface area (Å²) in [6.45, 7) is 2.69. The van der Waals surface area contributed by atoms with Crippen molar-refractivity contribution in [1.82, 2.24) is 9.80 Å². The van der Waals surface area contributed by atoms with Crippen molar-refractivity contribution in [1.29, 1.82) is 0 Å². The van der Waals surface area contributed by atoms with Gasteiger partial charge in [0.05, 0.1) is 16.4 Å². The first kappa shape index (κ1) is 19.5. The number of thiophene rings is 1. The molecule has 5 nitrogen and oxygen atoms in total. The molecule has 0 bridgehead atoms. The monoisotopic (exact) mass is 416 g/mol. The number of hydrogen-bond donors (Lipinski definition) is 0. The highest BCUT2D eigenvalue weighted by Crippen LogP contribution is 2.44. The Balaban J connectivity index is 1.29. The molecule has 0 radical (unpaired) electrons. The van der Waals surface area contributed by atoms with Crippen LogP contribution in [-0.4, -0.2) is 58.5 Å². The molecule has 0 aliphatic carbocycles. The molecule has 3 heterocycles. The maximum absolute atomic E-state index is 12.9. The number of piperidine rings is 1. The van der Waals surface area contributed by atoms with Crippen LogP contribution in [0, 0.1) is 0 Å². The fourth-order valence-electron chi connectivity index (χ4n) is 3.87. The number of carbonyl (C=O) groups is 2. The number of ether oxygens (including phenoxy) is 1. The number of hydrogen-bond acceptors (Lipinski definition) is 5. The van der Waals surface area contributed by atoms with Crippen molar-refractivity contribution in [2.45, 2.75) is 24.3 Å². The molecule has 0 unspecified atom stereocenters. The molecule has 0 saturated carbocycles. The van der Waals surface area contributed by atoms with E-state index in [0.717, 1.165) is 35.6 Å². The van der Waals surface area contributed by atoms with E-state index in [1.54, 1.807) is 0 Å². The third-order valence-corrected chi connectivity index (χ3v) is 7.80. The summed E-state index contributed by atoms with van der Waals surface area (Å²) in [5.41, 5.74) is 1.07. The lowest BCUT2D eigenvalue weighted by atomic mass is 10.0. The van der Waals surface area contributed by atoms with Crippen LogP contribution in [0.5, 0.6) is 0 Å². The van der Waals surface area contributed by atoms with Gasteiger partial charge in [0.2, 0.25) is 5.91 Å². The van der Waals surface area contributed by atoms with Gasteiger partial charge in [0.25, 0.3) is 5.91 Å². The van der Waals surface area contributed by atoms with E-state index in [0.29, 0.717) is 19.7 Å². The first-order chi connectivity index (χ1) is 13.7. The van der Waals surface area contributed by atoms with Crippen LogP contribution in [0.1, 0.15) is 28.1 Å². The molecule has 2 aliphatic rings. The number of carbonyl (C=O) groups excluding carboxylic acids is 2. The van der Waals surface area contributed by atoms with E-state index < -0.39 is 0 Å². The zero-order valence-corrected chi connectivity index (χ0v) is 17.3. The second-order valence-corrected chi connectivity index (χ2v) is 9.49. The number of likely N-dealkylation sites (tertiary alicyclic amines) is 1. The molecule has 1 spiro atoms. The Labute approximate surface area is 173 Å². The van der Waals surface area contributed by atoms with Crippen LogP contribution < -0.4 is 0 Å². The fourth-order valence-corrected chi connectivity index (χ4v) is 6.00. The van der Waals surface area contributed by atoms with Gasteiger partial charge < -0.3 is 14.5 Å². The van der Waals surface area contributed by atoms with E-state index in [1.807, 2.05) is 69.4 Å². The highest BCUT2D eigenvalue weighted by molar-refractivity contribution is 8.00. The number of amides is 2. The first-order valence-corrected chi connectivity index (χ1v) is 11.4. The van der Waals surface area contributed by atoms with Crippen molar-refractivity contribution in [3.63, 3.8) is 0 Å². The molecule has 2 aromatic rings. The van der Waals surface area contributed by atoms with E-state index >= 15 is 0 Å². The molecule has 2 fully saturated rings. The minimum Gasteiger partial charge on any atom is -0.367 e. The lowest BCUT2D eigenvalue weighted by Crippen LogP contribution is -2.54. The number of nitrogens with zero attached hydrogens (tertiary/aromatic N) is 2. The topological polar surface area (TPSA) is 49.9 Å². The molecule has 1 aromatic carbocycles. The SMILES string of the molecule is O=C(COCc1ccccc1)N1CCC2(CC1)SCCN2C(=O)c1cccs1. The third-order valence-electron chi connectivity index (χ3n) is 5.39. The van der Waals surface area contributed by atoms with Crippen molar-refractivity contribution in [3.8, 4) is 0 Å². The minimum atomic E-state index is -0.164. The Hall–Kier alpha value is -1.83. The van der Waals surface area contributed by atoms with E-state index in [-0.39, 0.29) is 23.3 Å². The fraction of sp³-hybridized carbons (Fsp3) is 0.429. The van der Waals surface area contributed by atoms with Crippen LogP contribution in [0.15, 0.2) is 47.8 Å². The van der Waals surface area contributed by atoms with E-state index in [1.165, 1.54) is 11.3 Å². The maximum atomic E-state index is 12.9. The molecule has 4 rings (SSSR count). The Morgan fingerprint density at radius 3 is 2.54 bits per heavy atom. The molecule has 1 aromatic heterocycles. The summed E-state index contributed by atoms with van der Waals surface area (Å²) >= 11 is 3.37. The van der Waals surface area contributed by atoms with Crippen LogP contribution in [-0.2, 0) is 16.1 Å². The maximum Gasteiger partial charge on any atom is 0.265 e. The van der Waals surface area contributed by atoms with Crippen LogP contribution in [0.3, 0.4) is 0 Å². The van der Waals surface area contributed by atoms with Gasteiger partial charge in [-0.3, -0.25) is 9.59 Å². The summed E-state index contributed by atoms with van der Waals surface area (Å²) in [5.74, 6) is 1.13. The normalized spacial score (nSPS) is 18.6. The van der Waals surface area contributed by atoms with E-state index in [4.69, 9.17) is 4.74 Å². The van der Waals surface area contributed by atoms with E-state index in [2.05, 4.69) is 0 Å². The standard InChI is InChI=1S/C21H24N2O3S2/c24-19(16-26-15-17-5-2-1-3-6-17)22-10-8-21(9-11-22)23(12-14-28-21)20(25)18-7-4-13-27-18/h1-7,13H,8-12,14-16H2. The minimum absolute atomic E-state index is 0.0323. The van der Waals surface area contributed by atoms with Gasteiger partial charge in [-0.2, -0.15) is 0 Å². The predicted molar refractivity (Wildman–Crippen MR) is 112 cm³/mol. The van der Waals surface area contributed by atoms with Crippen LogP contribution in [0.25, 0.3) is 0 Å². The first-order valence-electron chi connectivity index (χ1n) is 9.57. The predicted octanol–water partition coefficient (Wildman–Crippen LogP) is 3.47. The third kappa shape index (κ3) is 4.11. The zero-order chi connectivity index (χ0) is 19.4. The summed E-state index contributed by atoms with van der Waals surface area (Å²) < 4.78 is 5.60. The molecule has 2 saturated heterocycles. The Morgan fingerprint density at radius 1 is 1.04 bits per heavy atom. The zero-order valence-electron chi connectivity index (χ0n) is 15.7. The van der Waals surface area contributed by atoms with E-state index in [9.17, 15) is 9.59 Å². The van der Waals surface area contributed by atoms with Gasteiger partial charge in [0, 0.05) is 25.4 Å². The lowest BCUT2D eigenvalue weighted by Gasteiger charge is -2.44. The highest BCUT2D eigenvalue weighted by Gasteiger charge is 2.47. The Morgan fingerprint density at radius 2 is 1.82 bits per heavy atom. The molecule has 148 valence electrons. The van der Waals surface area contributed by atoms with Crippen molar-refractivity contribution in [2.75, 3.05) is 32.0 Å². The largest absolute Gasteiger partial charge is 0.367 e. The van der Waals surface area contributed by atoms with Gasteiger partial charge >= 0.3 is 0 Å². The average Bonchev–Trinajstić information content (AvgIpc) is 3.39. The molecular weight excluding hydrogens is 392 g/mol. The average molecular weight is 417 g/mol. The van der Waals surface area contributed by atoms with Gasteiger partial charge in [-0.05, 0) is 29.9 Å². The lowest BCUT2D eigenvalue weighted by molar-refractivity contribution is -0.138. The number of thioether (sulfide) groups is 1. The summed E-state index contributed by atoms with van der Waals surface area (Å²) in [4.78, 5) is 30.0. The summed E-state index contributed by atoms with van der Waals surface area (Å²) in [6, 6.07) is 13.7. The molecule has 28 heavy (non-hydrogen) atoms. The van der Waals surface area contributed by atoms with Gasteiger partial charge in [-0.25, -0.2) is 0 Å². The van der Waals surface area contributed by atoms with Gasteiger partial charge in [0.15, 0.2) is 0 Å². The molecule has 2 amide bonds. The van der Waals surface area contributed by atoms with Crippen molar-refractivity contribution < 1.29 is 14.3 Å². The smallest absolute Gasteiger partial charge is 0.265 e. The molecule has 0 N–H and O–H groups in total. The van der Waals surface area contributed by atoms with Crippen LogP contribution in [0.4, 0.5) is 0 Å².